The van der Waals surface area contributed by atoms with Crippen LogP contribution < -0.4 is 10.5 Å². The molecular weight excluding hydrogens is 533 g/mol. The molecule has 0 spiro atoms. The average Bonchev–Trinajstić information content (AvgIpc) is 3.33. The smallest absolute Gasteiger partial charge is 0.335 e. The highest BCUT2D eigenvalue weighted by Crippen LogP contribution is 2.32. The summed E-state index contributed by atoms with van der Waals surface area (Å²) in [6, 6.07) is 25.9. The molecule has 1 aromatic heterocycles. The first-order chi connectivity index (χ1) is 18.8. The number of carbonyl (C=O) groups is 1. The number of imidazole rings is 1. The molecule has 0 aliphatic carbocycles. The Labute approximate surface area is 236 Å². The lowest BCUT2D eigenvalue weighted by molar-refractivity contribution is 0.0697. The van der Waals surface area contributed by atoms with E-state index >= 15 is 0 Å². The standard InChI is InChI=1S/C31H25Cl2N3O3/c1-2-36-18-28(25-13-10-23(32)17-26(25)33)35-30(36)15-19-3-5-20(6-4-19)21-7-11-24(12-8-21)39-29-14-9-22(31(37)38)16-27(29)34/h3-14,16-18H,2,15,34H2,1H3,(H,37,38). The Morgan fingerprint density at radius 2 is 1.64 bits per heavy atom. The van der Waals surface area contributed by atoms with Gasteiger partial charge >= 0.3 is 5.97 Å². The summed E-state index contributed by atoms with van der Waals surface area (Å²) in [7, 11) is 0. The molecule has 0 atom stereocenters. The predicted octanol–water partition coefficient (Wildman–Crippen LogP) is 8.21. The van der Waals surface area contributed by atoms with Gasteiger partial charge in [-0.1, -0.05) is 59.6 Å². The number of carboxylic acids is 1. The second-order valence-electron chi connectivity index (χ2n) is 9.01. The molecule has 0 saturated heterocycles. The van der Waals surface area contributed by atoms with Crippen LogP contribution >= 0.6 is 23.2 Å². The molecule has 0 saturated carbocycles. The zero-order valence-corrected chi connectivity index (χ0v) is 22.6. The number of carboxylic acid groups (broad SMARTS) is 1. The second-order valence-corrected chi connectivity index (χ2v) is 9.85. The minimum atomic E-state index is -1.04. The maximum Gasteiger partial charge on any atom is 0.335 e. The fourth-order valence-corrected chi connectivity index (χ4v) is 4.82. The third-order valence-electron chi connectivity index (χ3n) is 6.40. The van der Waals surface area contributed by atoms with E-state index < -0.39 is 5.97 Å². The Bertz CT molecular complexity index is 1650. The Morgan fingerprint density at radius 1 is 0.949 bits per heavy atom. The number of rotatable bonds is 8. The summed E-state index contributed by atoms with van der Waals surface area (Å²) < 4.78 is 7.98. The van der Waals surface area contributed by atoms with Crippen molar-refractivity contribution in [1.29, 1.82) is 0 Å². The Balaban J connectivity index is 1.29. The first kappa shape index (κ1) is 26.4. The van der Waals surface area contributed by atoms with E-state index in [1.807, 2.05) is 42.6 Å². The van der Waals surface area contributed by atoms with Crippen molar-refractivity contribution in [3.63, 3.8) is 0 Å². The van der Waals surface area contributed by atoms with E-state index in [1.54, 1.807) is 12.1 Å². The molecule has 0 unspecified atom stereocenters. The Kier molecular flexibility index (Phi) is 7.59. The van der Waals surface area contributed by atoms with Gasteiger partial charge in [0.2, 0.25) is 0 Å². The van der Waals surface area contributed by atoms with E-state index in [0.29, 0.717) is 28.0 Å². The number of nitrogen functional groups attached to an aromatic ring is 1. The number of anilines is 1. The number of hydrogen-bond acceptors (Lipinski definition) is 4. The first-order valence-electron chi connectivity index (χ1n) is 12.3. The van der Waals surface area contributed by atoms with Gasteiger partial charge in [-0.2, -0.15) is 0 Å². The van der Waals surface area contributed by atoms with Crippen molar-refractivity contribution in [3.05, 3.63) is 118 Å². The van der Waals surface area contributed by atoms with Crippen molar-refractivity contribution in [2.24, 2.45) is 0 Å². The summed E-state index contributed by atoms with van der Waals surface area (Å²) in [5.74, 6) is 0.937. The van der Waals surface area contributed by atoms with Crippen molar-refractivity contribution >= 4 is 34.9 Å². The van der Waals surface area contributed by atoms with Crippen molar-refractivity contribution in [2.75, 3.05) is 5.73 Å². The molecule has 0 bridgehead atoms. The zero-order valence-electron chi connectivity index (χ0n) is 21.1. The van der Waals surface area contributed by atoms with E-state index in [1.165, 1.54) is 12.1 Å². The number of halogens is 2. The molecule has 3 N–H and O–H groups in total. The van der Waals surface area contributed by atoms with Gasteiger partial charge in [0.25, 0.3) is 0 Å². The largest absolute Gasteiger partial charge is 0.478 e. The second kappa shape index (κ2) is 11.2. The van der Waals surface area contributed by atoms with Crippen molar-refractivity contribution in [2.45, 2.75) is 19.9 Å². The highest BCUT2D eigenvalue weighted by atomic mass is 35.5. The molecule has 196 valence electrons. The lowest BCUT2D eigenvalue weighted by atomic mass is 10.0. The SMILES string of the molecule is CCn1cc(-c2ccc(Cl)cc2Cl)nc1Cc1ccc(-c2ccc(Oc3ccc(C(=O)O)cc3N)cc2)cc1. The molecule has 0 aliphatic rings. The first-order valence-corrected chi connectivity index (χ1v) is 13.1. The van der Waals surface area contributed by atoms with E-state index in [9.17, 15) is 4.79 Å². The van der Waals surface area contributed by atoms with Gasteiger partial charge in [0, 0.05) is 29.7 Å². The fourth-order valence-electron chi connectivity index (χ4n) is 4.31. The van der Waals surface area contributed by atoms with Crippen LogP contribution in [0.5, 0.6) is 11.5 Å². The van der Waals surface area contributed by atoms with Gasteiger partial charge in [0.05, 0.1) is 22.0 Å². The quantitative estimate of drug-likeness (QED) is 0.187. The van der Waals surface area contributed by atoms with Gasteiger partial charge in [0.1, 0.15) is 17.3 Å². The maximum absolute atomic E-state index is 11.1. The molecule has 1 heterocycles. The van der Waals surface area contributed by atoms with Crippen LogP contribution in [0.4, 0.5) is 5.69 Å². The monoisotopic (exact) mass is 557 g/mol. The number of nitrogens with two attached hydrogens (primary N) is 1. The van der Waals surface area contributed by atoms with Crippen LogP contribution in [0.15, 0.2) is 91.1 Å². The van der Waals surface area contributed by atoms with E-state index in [2.05, 4.69) is 35.8 Å². The van der Waals surface area contributed by atoms with Crippen LogP contribution in [0, 0.1) is 0 Å². The summed E-state index contributed by atoms with van der Waals surface area (Å²) in [4.78, 5) is 16.0. The number of hydrogen-bond donors (Lipinski definition) is 2. The topological polar surface area (TPSA) is 90.4 Å². The van der Waals surface area contributed by atoms with Gasteiger partial charge in [-0.3, -0.25) is 0 Å². The van der Waals surface area contributed by atoms with Crippen molar-refractivity contribution in [3.8, 4) is 33.9 Å². The van der Waals surface area contributed by atoms with Gasteiger partial charge in [-0.15, -0.1) is 0 Å². The van der Waals surface area contributed by atoms with Gasteiger partial charge in [0.15, 0.2) is 0 Å². The van der Waals surface area contributed by atoms with E-state index in [4.69, 9.17) is 43.8 Å². The molecule has 39 heavy (non-hydrogen) atoms. The Morgan fingerprint density at radius 3 is 2.26 bits per heavy atom. The van der Waals surface area contributed by atoms with Gasteiger partial charge in [-0.25, -0.2) is 9.78 Å². The zero-order chi connectivity index (χ0) is 27.5. The van der Waals surface area contributed by atoms with Gasteiger partial charge < -0.3 is 20.1 Å². The number of nitrogens with zero attached hydrogens (tertiary/aromatic N) is 2. The summed E-state index contributed by atoms with van der Waals surface area (Å²) in [6.45, 7) is 2.89. The molecule has 8 heteroatoms. The molecule has 4 aromatic carbocycles. The minimum Gasteiger partial charge on any atom is -0.478 e. The van der Waals surface area contributed by atoms with Crippen molar-refractivity contribution in [1.82, 2.24) is 9.55 Å². The summed E-state index contributed by atoms with van der Waals surface area (Å²) >= 11 is 12.5. The summed E-state index contributed by atoms with van der Waals surface area (Å²) in [6.07, 6.45) is 2.71. The van der Waals surface area contributed by atoms with Crippen LogP contribution in [0.2, 0.25) is 10.0 Å². The molecule has 0 amide bonds. The summed E-state index contributed by atoms with van der Waals surface area (Å²) in [5.41, 5.74) is 11.3. The number of aromatic carboxylic acids is 1. The Hall–Kier alpha value is -4.26. The van der Waals surface area contributed by atoms with Crippen LogP contribution in [0.1, 0.15) is 28.7 Å². The highest BCUT2D eigenvalue weighted by Gasteiger charge is 2.13. The molecule has 0 aliphatic heterocycles. The number of aromatic nitrogens is 2. The van der Waals surface area contributed by atoms with Crippen LogP contribution in [-0.2, 0) is 13.0 Å². The maximum atomic E-state index is 11.1. The number of ether oxygens (including phenoxy) is 1. The third-order valence-corrected chi connectivity index (χ3v) is 6.94. The molecular formula is C31H25Cl2N3O3. The number of benzene rings is 4. The van der Waals surface area contributed by atoms with Crippen LogP contribution in [0.3, 0.4) is 0 Å². The molecule has 5 aromatic rings. The van der Waals surface area contributed by atoms with Crippen LogP contribution in [0.25, 0.3) is 22.4 Å². The van der Waals surface area contributed by atoms with E-state index in [0.717, 1.165) is 40.3 Å². The third kappa shape index (κ3) is 5.93. The van der Waals surface area contributed by atoms with Crippen molar-refractivity contribution < 1.29 is 14.6 Å². The van der Waals surface area contributed by atoms with Crippen LogP contribution in [-0.4, -0.2) is 20.6 Å². The molecule has 0 fully saturated rings. The van der Waals surface area contributed by atoms with E-state index in [-0.39, 0.29) is 11.3 Å². The molecule has 0 radical (unpaired) electrons. The fraction of sp³-hybridized carbons (Fsp3) is 0.0968. The average molecular weight is 558 g/mol. The lowest BCUT2D eigenvalue weighted by Gasteiger charge is -2.10. The minimum absolute atomic E-state index is 0.115. The predicted molar refractivity (Wildman–Crippen MR) is 156 cm³/mol. The molecule has 5 rings (SSSR count). The highest BCUT2D eigenvalue weighted by molar-refractivity contribution is 6.36. The van der Waals surface area contributed by atoms with Gasteiger partial charge in [-0.05, 0) is 72.1 Å². The lowest BCUT2D eigenvalue weighted by Crippen LogP contribution is -2.01. The number of aryl methyl sites for hydroxylation is 1. The summed E-state index contributed by atoms with van der Waals surface area (Å²) in [5, 5.41) is 10.3. The molecule has 6 nitrogen and oxygen atoms in total. The normalized spacial score (nSPS) is 10.9.